The summed E-state index contributed by atoms with van der Waals surface area (Å²) in [5.74, 6) is 1.46. The molecule has 7 heteroatoms. The SMILES string of the molecule is CN=C(NCC1CCCOC1c1ccccc1)N1CCC(OCCCOC)CC1.I. The van der Waals surface area contributed by atoms with Gasteiger partial charge < -0.3 is 24.4 Å². The van der Waals surface area contributed by atoms with Crippen LogP contribution in [-0.4, -0.2) is 70.6 Å². The molecule has 6 nitrogen and oxygen atoms in total. The van der Waals surface area contributed by atoms with E-state index in [4.69, 9.17) is 14.2 Å². The van der Waals surface area contributed by atoms with Crippen molar-refractivity contribution in [1.29, 1.82) is 0 Å². The van der Waals surface area contributed by atoms with Crippen molar-refractivity contribution in [1.82, 2.24) is 10.2 Å². The summed E-state index contributed by atoms with van der Waals surface area (Å²) in [6, 6.07) is 10.6. The highest BCUT2D eigenvalue weighted by atomic mass is 127. The molecule has 2 aliphatic rings. The molecule has 1 aromatic rings. The first-order valence-electron chi connectivity index (χ1n) is 11.0. The van der Waals surface area contributed by atoms with E-state index >= 15 is 0 Å². The van der Waals surface area contributed by atoms with E-state index in [0.717, 1.165) is 71.1 Å². The number of hydrogen-bond acceptors (Lipinski definition) is 4. The van der Waals surface area contributed by atoms with Crippen molar-refractivity contribution in [3.05, 3.63) is 35.9 Å². The van der Waals surface area contributed by atoms with Gasteiger partial charge in [0.05, 0.1) is 12.2 Å². The van der Waals surface area contributed by atoms with Crippen LogP contribution >= 0.6 is 24.0 Å². The zero-order valence-electron chi connectivity index (χ0n) is 18.4. The summed E-state index contributed by atoms with van der Waals surface area (Å²) < 4.78 is 17.2. The normalized spacial score (nSPS) is 23.1. The molecule has 0 spiro atoms. The fraction of sp³-hybridized carbons (Fsp3) is 0.696. The maximum atomic E-state index is 6.14. The van der Waals surface area contributed by atoms with Crippen molar-refractivity contribution >= 4 is 29.9 Å². The van der Waals surface area contributed by atoms with Gasteiger partial charge in [0.15, 0.2) is 5.96 Å². The Kier molecular flexibility index (Phi) is 12.0. The maximum Gasteiger partial charge on any atom is 0.193 e. The molecule has 2 saturated heterocycles. The van der Waals surface area contributed by atoms with E-state index in [9.17, 15) is 0 Å². The van der Waals surface area contributed by atoms with Crippen LogP contribution in [0, 0.1) is 5.92 Å². The van der Waals surface area contributed by atoms with Crippen molar-refractivity contribution < 1.29 is 14.2 Å². The van der Waals surface area contributed by atoms with Crippen LogP contribution in [0.25, 0.3) is 0 Å². The van der Waals surface area contributed by atoms with E-state index in [1.165, 1.54) is 12.0 Å². The van der Waals surface area contributed by atoms with E-state index in [1.54, 1.807) is 7.11 Å². The maximum absolute atomic E-state index is 6.14. The van der Waals surface area contributed by atoms with Crippen LogP contribution < -0.4 is 5.32 Å². The van der Waals surface area contributed by atoms with Gasteiger partial charge in [-0.15, -0.1) is 24.0 Å². The first-order chi connectivity index (χ1) is 14.3. The summed E-state index contributed by atoms with van der Waals surface area (Å²) in [5.41, 5.74) is 1.28. The lowest BCUT2D eigenvalue weighted by atomic mass is 9.89. The van der Waals surface area contributed by atoms with Crippen LogP contribution in [0.2, 0.25) is 0 Å². The van der Waals surface area contributed by atoms with Crippen LogP contribution in [0.4, 0.5) is 0 Å². The van der Waals surface area contributed by atoms with Crippen molar-refractivity contribution in [2.75, 3.05) is 53.6 Å². The van der Waals surface area contributed by atoms with Gasteiger partial charge in [-0.2, -0.15) is 0 Å². The van der Waals surface area contributed by atoms with Crippen LogP contribution in [0.3, 0.4) is 0 Å². The average molecular weight is 531 g/mol. The molecule has 0 bridgehead atoms. The second-order valence-corrected chi connectivity index (χ2v) is 7.94. The van der Waals surface area contributed by atoms with Crippen LogP contribution in [0.15, 0.2) is 35.3 Å². The van der Waals surface area contributed by atoms with Crippen molar-refractivity contribution in [3.63, 3.8) is 0 Å². The van der Waals surface area contributed by atoms with E-state index in [-0.39, 0.29) is 30.1 Å². The lowest BCUT2D eigenvalue weighted by Gasteiger charge is -2.36. The van der Waals surface area contributed by atoms with Gasteiger partial charge in [-0.1, -0.05) is 30.3 Å². The summed E-state index contributed by atoms with van der Waals surface area (Å²) in [7, 11) is 3.61. The molecule has 2 fully saturated rings. The second-order valence-electron chi connectivity index (χ2n) is 7.94. The van der Waals surface area contributed by atoms with Gasteiger partial charge in [0.1, 0.15) is 0 Å². The molecular formula is C23H38IN3O3. The Morgan fingerprint density at radius 1 is 1.17 bits per heavy atom. The standard InChI is InChI=1S/C23H37N3O3.HI/c1-24-23(26-13-11-21(12-14-26)28-17-7-15-27-2)25-18-20-10-6-16-29-22(20)19-8-4-3-5-9-19;/h3-5,8-9,20-22H,6-7,10-18H2,1-2H3,(H,24,25);1H. The third kappa shape index (κ3) is 7.66. The molecule has 2 atom stereocenters. The van der Waals surface area contributed by atoms with E-state index in [0.29, 0.717) is 12.0 Å². The monoisotopic (exact) mass is 531 g/mol. The molecule has 0 amide bonds. The van der Waals surface area contributed by atoms with Gasteiger partial charge in [-0.3, -0.25) is 4.99 Å². The van der Waals surface area contributed by atoms with Crippen molar-refractivity contribution in [2.45, 2.75) is 44.3 Å². The lowest BCUT2D eigenvalue weighted by molar-refractivity contribution is -0.0268. The third-order valence-corrected chi connectivity index (χ3v) is 5.89. The number of rotatable bonds is 8. The second kappa shape index (κ2) is 14.2. The number of benzene rings is 1. The molecule has 0 aliphatic carbocycles. The quantitative estimate of drug-likeness (QED) is 0.239. The number of nitrogens with one attached hydrogen (secondary N) is 1. The van der Waals surface area contributed by atoms with Gasteiger partial charge in [0.25, 0.3) is 0 Å². The molecule has 2 unspecified atom stereocenters. The van der Waals surface area contributed by atoms with E-state index < -0.39 is 0 Å². The molecule has 30 heavy (non-hydrogen) atoms. The number of ether oxygens (including phenoxy) is 3. The average Bonchev–Trinajstić information content (AvgIpc) is 2.79. The first kappa shape index (κ1) is 25.4. The number of halogens is 1. The topological polar surface area (TPSA) is 55.3 Å². The number of methoxy groups -OCH3 is 1. The summed E-state index contributed by atoms with van der Waals surface area (Å²) in [5, 5.41) is 3.62. The van der Waals surface area contributed by atoms with Crippen LogP contribution in [-0.2, 0) is 14.2 Å². The van der Waals surface area contributed by atoms with Gasteiger partial charge in [-0.25, -0.2) is 0 Å². The zero-order chi connectivity index (χ0) is 20.3. The van der Waals surface area contributed by atoms with Gasteiger partial charge >= 0.3 is 0 Å². The Morgan fingerprint density at radius 2 is 1.93 bits per heavy atom. The van der Waals surface area contributed by atoms with E-state index in [1.807, 2.05) is 7.05 Å². The van der Waals surface area contributed by atoms with Gasteiger partial charge in [0, 0.05) is 59.5 Å². The lowest BCUT2D eigenvalue weighted by Crippen LogP contribution is -2.48. The molecule has 1 N–H and O–H groups in total. The summed E-state index contributed by atoms with van der Waals surface area (Å²) in [6.07, 6.45) is 5.89. The molecule has 1 aromatic carbocycles. The largest absolute Gasteiger partial charge is 0.385 e. The molecular weight excluding hydrogens is 493 g/mol. The Bertz CT molecular complexity index is 609. The Labute approximate surface area is 198 Å². The first-order valence-corrected chi connectivity index (χ1v) is 11.0. The summed E-state index contributed by atoms with van der Waals surface area (Å²) >= 11 is 0. The summed E-state index contributed by atoms with van der Waals surface area (Å²) in [6.45, 7) is 5.26. The smallest absolute Gasteiger partial charge is 0.193 e. The Hall–Kier alpha value is -0.900. The number of nitrogens with zero attached hydrogens (tertiary/aromatic N) is 2. The van der Waals surface area contributed by atoms with Crippen molar-refractivity contribution in [2.24, 2.45) is 10.9 Å². The molecule has 170 valence electrons. The van der Waals surface area contributed by atoms with Gasteiger partial charge in [-0.05, 0) is 37.7 Å². The third-order valence-electron chi connectivity index (χ3n) is 5.89. The molecule has 0 saturated carbocycles. The highest BCUT2D eigenvalue weighted by molar-refractivity contribution is 14.0. The van der Waals surface area contributed by atoms with Crippen LogP contribution in [0.1, 0.15) is 43.8 Å². The fourth-order valence-corrected chi connectivity index (χ4v) is 4.31. The predicted octanol–water partition coefficient (Wildman–Crippen LogP) is 3.87. The molecule has 0 radical (unpaired) electrons. The molecule has 2 aliphatic heterocycles. The molecule has 3 rings (SSSR count). The minimum absolute atomic E-state index is 0. The highest BCUT2D eigenvalue weighted by Crippen LogP contribution is 2.33. The predicted molar refractivity (Wildman–Crippen MR) is 132 cm³/mol. The number of aliphatic imine (C=N–C) groups is 1. The minimum Gasteiger partial charge on any atom is -0.385 e. The van der Waals surface area contributed by atoms with Crippen molar-refractivity contribution in [3.8, 4) is 0 Å². The summed E-state index contributed by atoms with van der Waals surface area (Å²) in [4.78, 5) is 6.90. The number of likely N-dealkylation sites (tertiary alicyclic amines) is 1. The zero-order valence-corrected chi connectivity index (χ0v) is 20.8. The number of hydrogen-bond donors (Lipinski definition) is 1. The molecule has 2 heterocycles. The number of piperidine rings is 1. The fourth-order valence-electron chi connectivity index (χ4n) is 4.31. The number of guanidine groups is 1. The van der Waals surface area contributed by atoms with Gasteiger partial charge in [0.2, 0.25) is 0 Å². The Balaban J connectivity index is 0.00000320. The highest BCUT2D eigenvalue weighted by Gasteiger charge is 2.28. The molecule has 0 aromatic heterocycles. The Morgan fingerprint density at radius 3 is 2.63 bits per heavy atom. The van der Waals surface area contributed by atoms with E-state index in [2.05, 4.69) is 45.5 Å². The van der Waals surface area contributed by atoms with Crippen LogP contribution in [0.5, 0.6) is 0 Å². The minimum atomic E-state index is 0.